The molecule has 1 heterocycles. The Kier molecular flexibility index (Phi) is 6.47. The van der Waals surface area contributed by atoms with Crippen molar-refractivity contribution < 1.29 is 18.3 Å². The number of rotatable bonds is 6. The monoisotopic (exact) mass is 326 g/mol. The van der Waals surface area contributed by atoms with Crippen LogP contribution in [0.2, 0.25) is 0 Å². The molecule has 1 atom stereocenters. The normalized spacial score (nSPS) is 17.3. The lowest BCUT2D eigenvalue weighted by Gasteiger charge is -2.35. The van der Waals surface area contributed by atoms with E-state index in [1.807, 2.05) is 0 Å². The Morgan fingerprint density at radius 2 is 2.00 bits per heavy atom. The number of nitrogens with zero attached hydrogens (tertiary/aromatic N) is 1. The molecule has 1 amide bonds. The molecular formula is C17H24F2N2O2. The van der Waals surface area contributed by atoms with E-state index < -0.39 is 17.5 Å². The first-order valence-corrected chi connectivity index (χ1v) is 8.02. The number of carbonyl (C=O) groups is 1. The molecule has 2 rings (SSSR count). The van der Waals surface area contributed by atoms with Crippen LogP contribution in [0, 0.1) is 17.6 Å². The molecule has 1 aliphatic rings. The van der Waals surface area contributed by atoms with E-state index in [2.05, 4.69) is 24.1 Å². The lowest BCUT2D eigenvalue weighted by atomic mass is 10.0. The maximum absolute atomic E-state index is 13.7. The van der Waals surface area contributed by atoms with Crippen LogP contribution in [0.25, 0.3) is 0 Å². The molecule has 1 unspecified atom stereocenters. The lowest BCUT2D eigenvalue weighted by Crippen LogP contribution is -2.49. The fraction of sp³-hybridized carbons (Fsp3) is 0.588. The Morgan fingerprint density at radius 1 is 1.30 bits per heavy atom. The van der Waals surface area contributed by atoms with E-state index >= 15 is 0 Å². The number of benzene rings is 1. The van der Waals surface area contributed by atoms with Gasteiger partial charge in [-0.15, -0.1) is 0 Å². The van der Waals surface area contributed by atoms with Crippen LogP contribution >= 0.6 is 0 Å². The second-order valence-electron chi connectivity index (χ2n) is 6.27. The third kappa shape index (κ3) is 5.25. The zero-order valence-corrected chi connectivity index (χ0v) is 13.6. The van der Waals surface area contributed by atoms with Gasteiger partial charge in [-0.3, -0.25) is 9.69 Å². The van der Waals surface area contributed by atoms with Gasteiger partial charge in [0.05, 0.1) is 18.8 Å². The van der Waals surface area contributed by atoms with Crippen molar-refractivity contribution in [3.8, 4) is 0 Å². The molecule has 0 saturated carbocycles. The highest BCUT2D eigenvalue weighted by Gasteiger charge is 2.23. The smallest absolute Gasteiger partial charge is 0.254 e. The predicted octanol–water partition coefficient (Wildman–Crippen LogP) is 2.44. The van der Waals surface area contributed by atoms with Gasteiger partial charge in [-0.1, -0.05) is 13.8 Å². The first-order chi connectivity index (χ1) is 11.0. The van der Waals surface area contributed by atoms with Crippen molar-refractivity contribution in [2.75, 3.05) is 32.8 Å². The van der Waals surface area contributed by atoms with E-state index in [-0.39, 0.29) is 11.6 Å². The Bertz CT molecular complexity index is 531. The van der Waals surface area contributed by atoms with Crippen molar-refractivity contribution in [1.29, 1.82) is 0 Å². The molecule has 6 heteroatoms. The summed E-state index contributed by atoms with van der Waals surface area (Å²) in [5, 5.41) is 2.74. The minimum Gasteiger partial charge on any atom is -0.379 e. The van der Waals surface area contributed by atoms with E-state index in [0.717, 1.165) is 37.7 Å². The molecule has 0 bridgehead atoms. The van der Waals surface area contributed by atoms with Crippen molar-refractivity contribution in [3.63, 3.8) is 0 Å². The minimum absolute atomic E-state index is 0.166. The molecule has 1 saturated heterocycles. The maximum atomic E-state index is 13.7. The van der Waals surface area contributed by atoms with Gasteiger partial charge < -0.3 is 10.1 Å². The molecule has 1 N–H and O–H groups in total. The van der Waals surface area contributed by atoms with Gasteiger partial charge in [0, 0.05) is 25.7 Å². The summed E-state index contributed by atoms with van der Waals surface area (Å²) in [6, 6.07) is 3.07. The molecule has 1 aliphatic heterocycles. The molecule has 1 fully saturated rings. The molecule has 1 aromatic rings. The summed E-state index contributed by atoms with van der Waals surface area (Å²) in [5.74, 6) is -1.44. The van der Waals surface area contributed by atoms with Crippen LogP contribution in [0.1, 0.15) is 30.6 Å². The number of halogens is 2. The van der Waals surface area contributed by atoms with Gasteiger partial charge in [0.2, 0.25) is 0 Å². The standard InChI is InChI=1S/C17H24F2N2O2/c1-12(2)9-14(21-5-7-23-8-6-21)11-20-17(22)15-10-13(18)3-4-16(15)19/h3-4,10,12,14H,5-9,11H2,1-2H3,(H,20,22). The first-order valence-electron chi connectivity index (χ1n) is 8.02. The zero-order chi connectivity index (χ0) is 16.8. The van der Waals surface area contributed by atoms with E-state index in [0.29, 0.717) is 25.7 Å². The molecule has 1 aromatic carbocycles. The molecule has 0 spiro atoms. The predicted molar refractivity (Wildman–Crippen MR) is 84.3 cm³/mol. The van der Waals surface area contributed by atoms with E-state index in [9.17, 15) is 13.6 Å². The molecule has 0 aliphatic carbocycles. The Balaban J connectivity index is 1.99. The highest BCUT2D eigenvalue weighted by atomic mass is 19.1. The van der Waals surface area contributed by atoms with Crippen LogP contribution < -0.4 is 5.32 Å². The van der Waals surface area contributed by atoms with E-state index in [4.69, 9.17) is 4.74 Å². The summed E-state index contributed by atoms with van der Waals surface area (Å²) < 4.78 is 32.2. The number of ether oxygens (including phenoxy) is 1. The van der Waals surface area contributed by atoms with Gasteiger partial charge in [0.1, 0.15) is 11.6 Å². The molecule has 0 radical (unpaired) electrons. The Hall–Kier alpha value is -1.53. The highest BCUT2D eigenvalue weighted by molar-refractivity contribution is 5.94. The van der Waals surface area contributed by atoms with Crippen LogP contribution in [-0.4, -0.2) is 49.7 Å². The fourth-order valence-electron chi connectivity index (χ4n) is 2.83. The maximum Gasteiger partial charge on any atom is 0.254 e. The summed E-state index contributed by atoms with van der Waals surface area (Å²) in [6.07, 6.45) is 0.923. The quantitative estimate of drug-likeness (QED) is 0.873. The van der Waals surface area contributed by atoms with Crippen molar-refractivity contribution in [1.82, 2.24) is 10.2 Å². The number of nitrogens with one attached hydrogen (secondary N) is 1. The summed E-state index contributed by atoms with van der Waals surface area (Å²) in [5.41, 5.74) is -0.254. The zero-order valence-electron chi connectivity index (χ0n) is 13.6. The van der Waals surface area contributed by atoms with Crippen molar-refractivity contribution in [2.24, 2.45) is 5.92 Å². The summed E-state index contributed by atoms with van der Waals surface area (Å²) in [4.78, 5) is 14.4. The van der Waals surface area contributed by atoms with Crippen molar-refractivity contribution in [2.45, 2.75) is 26.3 Å². The Labute approximate surface area is 135 Å². The largest absolute Gasteiger partial charge is 0.379 e. The van der Waals surface area contributed by atoms with Gasteiger partial charge in [-0.25, -0.2) is 8.78 Å². The topological polar surface area (TPSA) is 41.6 Å². The lowest BCUT2D eigenvalue weighted by molar-refractivity contribution is 0.0124. The van der Waals surface area contributed by atoms with Crippen LogP contribution in [0.5, 0.6) is 0 Å². The SMILES string of the molecule is CC(C)CC(CNC(=O)c1cc(F)ccc1F)N1CCOCC1. The average molecular weight is 326 g/mol. The van der Waals surface area contributed by atoms with E-state index in [1.165, 1.54) is 0 Å². The van der Waals surface area contributed by atoms with Crippen LogP contribution in [0.15, 0.2) is 18.2 Å². The summed E-state index contributed by atoms with van der Waals surface area (Å²) >= 11 is 0. The van der Waals surface area contributed by atoms with Crippen LogP contribution in [0.3, 0.4) is 0 Å². The first kappa shape index (κ1) is 17.8. The number of amides is 1. The molecular weight excluding hydrogens is 302 g/mol. The van der Waals surface area contributed by atoms with Crippen LogP contribution in [-0.2, 0) is 4.74 Å². The molecule has 4 nitrogen and oxygen atoms in total. The number of morpholine rings is 1. The number of hydrogen-bond donors (Lipinski definition) is 1. The fourth-order valence-corrected chi connectivity index (χ4v) is 2.83. The van der Waals surface area contributed by atoms with Gasteiger partial charge in [0.15, 0.2) is 0 Å². The molecule has 23 heavy (non-hydrogen) atoms. The van der Waals surface area contributed by atoms with Crippen molar-refractivity contribution in [3.05, 3.63) is 35.4 Å². The highest BCUT2D eigenvalue weighted by Crippen LogP contribution is 2.14. The van der Waals surface area contributed by atoms with Gasteiger partial charge >= 0.3 is 0 Å². The molecule has 128 valence electrons. The second kappa shape index (κ2) is 8.36. The van der Waals surface area contributed by atoms with Crippen LogP contribution in [0.4, 0.5) is 8.78 Å². The average Bonchev–Trinajstić information content (AvgIpc) is 2.54. The molecule has 0 aromatic heterocycles. The van der Waals surface area contributed by atoms with E-state index in [1.54, 1.807) is 0 Å². The van der Waals surface area contributed by atoms with Gasteiger partial charge in [-0.05, 0) is 30.5 Å². The Morgan fingerprint density at radius 3 is 2.65 bits per heavy atom. The summed E-state index contributed by atoms with van der Waals surface area (Å²) in [6.45, 7) is 7.67. The number of carbonyl (C=O) groups excluding carboxylic acids is 1. The number of hydrogen-bond acceptors (Lipinski definition) is 3. The second-order valence-corrected chi connectivity index (χ2v) is 6.27. The van der Waals surface area contributed by atoms with Crippen molar-refractivity contribution >= 4 is 5.91 Å². The summed E-state index contributed by atoms with van der Waals surface area (Å²) in [7, 11) is 0. The van der Waals surface area contributed by atoms with Gasteiger partial charge in [-0.2, -0.15) is 0 Å². The third-order valence-electron chi connectivity index (χ3n) is 3.98. The van der Waals surface area contributed by atoms with Gasteiger partial charge in [0.25, 0.3) is 5.91 Å². The third-order valence-corrected chi connectivity index (χ3v) is 3.98. The minimum atomic E-state index is -0.712.